The number of carbonyl (C=O) groups excluding carboxylic acids is 1. The Kier molecular flexibility index (Phi) is 7.51. The summed E-state index contributed by atoms with van der Waals surface area (Å²) >= 11 is 6.06. The van der Waals surface area contributed by atoms with Gasteiger partial charge in [-0.05, 0) is 56.5 Å². The Morgan fingerprint density at radius 2 is 1.94 bits per heavy atom. The number of fused-ring (bicyclic) bond motifs is 1. The lowest BCUT2D eigenvalue weighted by Gasteiger charge is -2.33. The van der Waals surface area contributed by atoms with E-state index in [4.69, 9.17) is 16.6 Å². The van der Waals surface area contributed by atoms with Crippen LogP contribution in [0.2, 0.25) is 5.02 Å². The number of nitrogens with one attached hydrogen (secondary N) is 1. The van der Waals surface area contributed by atoms with Crippen LogP contribution in [0.1, 0.15) is 64.2 Å². The minimum Gasteiger partial charge on any atom is -0.335 e. The number of hydrogen-bond acceptors (Lipinski definition) is 3. The Balaban J connectivity index is 1.83. The zero-order chi connectivity index (χ0) is 24.2. The number of para-hydroxylation sites is 1. The van der Waals surface area contributed by atoms with E-state index < -0.39 is 11.9 Å². The van der Waals surface area contributed by atoms with Crippen molar-refractivity contribution in [2.75, 3.05) is 6.54 Å². The predicted molar refractivity (Wildman–Crippen MR) is 133 cm³/mol. The second kappa shape index (κ2) is 10.6. The molecule has 1 aromatic heterocycles. The van der Waals surface area contributed by atoms with Gasteiger partial charge < -0.3 is 10.2 Å². The maximum Gasteiger partial charge on any atom is 0.318 e. The van der Waals surface area contributed by atoms with Crippen molar-refractivity contribution in [3.63, 3.8) is 0 Å². The molecule has 2 aromatic carbocycles. The number of urea groups is 1. The van der Waals surface area contributed by atoms with Gasteiger partial charge in [0.1, 0.15) is 11.6 Å². The lowest BCUT2D eigenvalue weighted by atomic mass is 9.96. The average molecular weight is 485 g/mol. The number of rotatable bonds is 6. The minimum atomic E-state index is -0.567. The molecule has 0 saturated heterocycles. The highest BCUT2D eigenvalue weighted by atomic mass is 35.5. The fraction of sp³-hybridized carbons (Fsp3) is 0.423. The number of nitrogens with zero attached hydrogens (tertiary/aromatic N) is 3. The molecule has 2 amide bonds. The molecule has 1 unspecified atom stereocenters. The molecule has 1 aliphatic carbocycles. The van der Waals surface area contributed by atoms with Crippen molar-refractivity contribution in [1.29, 1.82) is 0 Å². The number of carbonyl (C=O) groups is 1. The van der Waals surface area contributed by atoms with Gasteiger partial charge in [0.15, 0.2) is 0 Å². The number of halogens is 2. The molecule has 0 spiro atoms. The summed E-state index contributed by atoms with van der Waals surface area (Å²) in [6, 6.07) is 10.8. The summed E-state index contributed by atoms with van der Waals surface area (Å²) in [6.45, 7) is 4.33. The molecule has 34 heavy (non-hydrogen) atoms. The first kappa shape index (κ1) is 24.2. The molecule has 3 aromatic rings. The van der Waals surface area contributed by atoms with Gasteiger partial charge in [-0.15, -0.1) is 0 Å². The van der Waals surface area contributed by atoms with Gasteiger partial charge in [0.2, 0.25) is 0 Å². The van der Waals surface area contributed by atoms with Gasteiger partial charge >= 0.3 is 6.03 Å². The van der Waals surface area contributed by atoms with Crippen LogP contribution < -0.4 is 10.9 Å². The van der Waals surface area contributed by atoms with Gasteiger partial charge in [0, 0.05) is 12.6 Å². The summed E-state index contributed by atoms with van der Waals surface area (Å²) in [4.78, 5) is 33.5. The van der Waals surface area contributed by atoms with Gasteiger partial charge in [0.05, 0.1) is 27.7 Å². The molecule has 1 N–H and O–H groups in total. The van der Waals surface area contributed by atoms with Crippen molar-refractivity contribution in [1.82, 2.24) is 19.8 Å². The summed E-state index contributed by atoms with van der Waals surface area (Å²) < 4.78 is 15.4. The molecule has 1 atom stereocenters. The highest BCUT2D eigenvalue weighted by molar-refractivity contribution is 6.30. The molecule has 1 heterocycles. The molecule has 1 aliphatic rings. The molecule has 1 saturated carbocycles. The third-order valence-electron chi connectivity index (χ3n) is 6.56. The van der Waals surface area contributed by atoms with Crippen LogP contribution in [0.3, 0.4) is 0 Å². The van der Waals surface area contributed by atoms with Gasteiger partial charge in [-0.1, -0.05) is 49.9 Å². The van der Waals surface area contributed by atoms with E-state index >= 15 is 0 Å². The zero-order valence-electron chi connectivity index (χ0n) is 19.6. The largest absolute Gasteiger partial charge is 0.335 e. The SMILES string of the molecule is CCC(c1nc2ccccc2c(=O)n1-c1ccc(F)c(Cl)c1)N(CC)C(=O)NC1CCCCC1. The van der Waals surface area contributed by atoms with Crippen LogP contribution in [-0.4, -0.2) is 33.1 Å². The summed E-state index contributed by atoms with van der Waals surface area (Å²) in [5, 5.41) is 3.54. The highest BCUT2D eigenvalue weighted by Gasteiger charge is 2.29. The molecule has 6 nitrogen and oxygen atoms in total. The van der Waals surface area contributed by atoms with Crippen molar-refractivity contribution < 1.29 is 9.18 Å². The normalized spacial score (nSPS) is 15.3. The number of amides is 2. The first-order valence-corrected chi connectivity index (χ1v) is 12.4. The van der Waals surface area contributed by atoms with E-state index in [1.165, 1.54) is 29.2 Å². The molecular weight excluding hydrogens is 455 g/mol. The minimum absolute atomic E-state index is 0.0843. The van der Waals surface area contributed by atoms with E-state index in [2.05, 4.69) is 5.32 Å². The van der Waals surface area contributed by atoms with E-state index in [9.17, 15) is 14.0 Å². The maximum atomic E-state index is 13.9. The summed E-state index contributed by atoms with van der Waals surface area (Å²) in [7, 11) is 0. The van der Waals surface area contributed by atoms with Crippen molar-refractivity contribution in [2.45, 2.75) is 64.5 Å². The van der Waals surface area contributed by atoms with Crippen molar-refractivity contribution in [2.24, 2.45) is 0 Å². The fourth-order valence-corrected chi connectivity index (χ4v) is 4.97. The molecule has 8 heteroatoms. The molecule has 180 valence electrons. The van der Waals surface area contributed by atoms with Crippen LogP contribution in [0.15, 0.2) is 47.3 Å². The Bertz CT molecular complexity index is 1240. The van der Waals surface area contributed by atoms with Crippen molar-refractivity contribution in [3.8, 4) is 5.69 Å². The second-order valence-corrected chi connectivity index (χ2v) is 9.13. The molecule has 1 fully saturated rings. The third-order valence-corrected chi connectivity index (χ3v) is 6.85. The van der Waals surface area contributed by atoms with E-state index in [1.54, 1.807) is 23.1 Å². The van der Waals surface area contributed by atoms with Crippen LogP contribution in [-0.2, 0) is 0 Å². The van der Waals surface area contributed by atoms with Crippen LogP contribution in [0, 0.1) is 5.82 Å². The number of hydrogen-bond donors (Lipinski definition) is 1. The third kappa shape index (κ3) is 4.80. The molecule has 4 rings (SSSR count). The predicted octanol–water partition coefficient (Wildman–Crippen LogP) is 5.99. The van der Waals surface area contributed by atoms with Gasteiger partial charge in [-0.25, -0.2) is 14.2 Å². The standard InChI is InChI=1S/C26H30ClFN4O2/c1-3-23(31(4-2)26(34)29-17-10-6-5-7-11-17)24-30-22-13-9-8-12-19(22)25(33)32(24)18-14-15-21(28)20(27)16-18/h8-9,12-17,23H,3-7,10-11H2,1-2H3,(H,29,34). The van der Waals surface area contributed by atoms with Gasteiger partial charge in [0.25, 0.3) is 5.56 Å². The van der Waals surface area contributed by atoms with Crippen LogP contribution in [0.4, 0.5) is 9.18 Å². The maximum absolute atomic E-state index is 13.9. The molecule has 0 bridgehead atoms. The van der Waals surface area contributed by atoms with Gasteiger partial charge in [-0.3, -0.25) is 9.36 Å². The van der Waals surface area contributed by atoms with Gasteiger partial charge in [-0.2, -0.15) is 0 Å². The lowest BCUT2D eigenvalue weighted by molar-refractivity contribution is 0.165. The number of aromatic nitrogens is 2. The van der Waals surface area contributed by atoms with Crippen molar-refractivity contribution in [3.05, 3.63) is 69.5 Å². The summed E-state index contributed by atoms with van der Waals surface area (Å²) in [5.41, 5.74) is 0.673. The first-order chi connectivity index (χ1) is 16.4. The molecular formula is C26H30ClFN4O2. The van der Waals surface area contributed by atoms with E-state index in [0.717, 1.165) is 25.7 Å². The Labute approximate surface area is 203 Å². The van der Waals surface area contributed by atoms with Crippen LogP contribution in [0.25, 0.3) is 16.6 Å². The van der Waals surface area contributed by atoms with Crippen LogP contribution >= 0.6 is 11.6 Å². The average Bonchev–Trinajstić information content (AvgIpc) is 2.85. The lowest BCUT2D eigenvalue weighted by Crippen LogP contribution is -2.47. The topological polar surface area (TPSA) is 67.2 Å². The molecule has 0 radical (unpaired) electrons. The first-order valence-electron chi connectivity index (χ1n) is 12.0. The van der Waals surface area contributed by atoms with E-state index in [-0.39, 0.29) is 22.7 Å². The summed E-state index contributed by atoms with van der Waals surface area (Å²) in [5.74, 6) is -0.141. The number of benzene rings is 2. The van der Waals surface area contributed by atoms with E-state index in [0.29, 0.717) is 35.4 Å². The van der Waals surface area contributed by atoms with Crippen molar-refractivity contribution >= 4 is 28.5 Å². The second-order valence-electron chi connectivity index (χ2n) is 8.72. The van der Waals surface area contributed by atoms with E-state index in [1.807, 2.05) is 19.9 Å². The zero-order valence-corrected chi connectivity index (χ0v) is 20.3. The van der Waals surface area contributed by atoms with Crippen LogP contribution in [0.5, 0.6) is 0 Å². The summed E-state index contributed by atoms with van der Waals surface area (Å²) in [6.07, 6.45) is 5.94. The monoisotopic (exact) mass is 484 g/mol. The Hall–Kier alpha value is -2.93. The fourth-order valence-electron chi connectivity index (χ4n) is 4.80. The Morgan fingerprint density at radius 3 is 2.62 bits per heavy atom. The Morgan fingerprint density at radius 1 is 1.21 bits per heavy atom. The quantitative estimate of drug-likeness (QED) is 0.467. The highest BCUT2D eigenvalue weighted by Crippen LogP contribution is 2.28. The smallest absolute Gasteiger partial charge is 0.318 e. The molecule has 0 aliphatic heterocycles.